The molecule has 0 radical (unpaired) electrons. The molecular weight excluding hydrogens is 236 g/mol. The second kappa shape index (κ2) is 5.83. The largest absolute Gasteiger partial charge is 0.396 e. The maximum Gasteiger partial charge on any atom is 0.0604 e. The molecule has 0 aromatic heterocycles. The highest BCUT2D eigenvalue weighted by Crippen LogP contribution is 2.37. The van der Waals surface area contributed by atoms with Gasteiger partial charge in [0.05, 0.1) is 11.4 Å². The van der Waals surface area contributed by atoms with Gasteiger partial charge in [0.15, 0.2) is 0 Å². The van der Waals surface area contributed by atoms with Gasteiger partial charge in [0.1, 0.15) is 0 Å². The summed E-state index contributed by atoms with van der Waals surface area (Å²) in [5, 5.41) is 8.91. The van der Waals surface area contributed by atoms with Crippen molar-refractivity contribution in [2.45, 2.75) is 25.7 Å². The van der Waals surface area contributed by atoms with Crippen LogP contribution in [0.3, 0.4) is 0 Å². The van der Waals surface area contributed by atoms with Gasteiger partial charge in [-0.1, -0.05) is 12.1 Å². The van der Waals surface area contributed by atoms with Crippen molar-refractivity contribution < 1.29 is 5.11 Å². The van der Waals surface area contributed by atoms with Crippen molar-refractivity contribution in [1.29, 1.82) is 0 Å². The molecule has 0 unspecified atom stereocenters. The quantitative estimate of drug-likeness (QED) is 0.796. The van der Waals surface area contributed by atoms with Gasteiger partial charge in [0.2, 0.25) is 0 Å². The van der Waals surface area contributed by atoms with Crippen LogP contribution in [0.4, 0.5) is 11.4 Å². The Morgan fingerprint density at radius 3 is 2.37 bits per heavy atom. The summed E-state index contributed by atoms with van der Waals surface area (Å²) < 4.78 is 0. The average Bonchev–Trinajstić information content (AvgIpc) is 3.25. The first kappa shape index (κ1) is 12.8. The number of rotatable bonds is 6. The second-order valence-corrected chi connectivity index (χ2v) is 5.80. The number of hydrogen-bond acceptors (Lipinski definition) is 3. The first-order valence-electron chi connectivity index (χ1n) is 7.58. The van der Waals surface area contributed by atoms with E-state index in [1.165, 1.54) is 30.8 Å². The van der Waals surface area contributed by atoms with E-state index in [1.54, 1.807) is 0 Å². The first-order valence-corrected chi connectivity index (χ1v) is 7.58. The lowest BCUT2D eigenvalue weighted by molar-refractivity contribution is 0.285. The third-order valence-electron chi connectivity index (χ3n) is 4.21. The molecular formula is C16H24N2O. The van der Waals surface area contributed by atoms with Crippen LogP contribution in [0.25, 0.3) is 0 Å². The Kier molecular flexibility index (Phi) is 3.92. The molecule has 19 heavy (non-hydrogen) atoms. The second-order valence-electron chi connectivity index (χ2n) is 5.80. The van der Waals surface area contributed by atoms with Crippen molar-refractivity contribution >= 4 is 11.4 Å². The van der Waals surface area contributed by atoms with Crippen LogP contribution in [0.5, 0.6) is 0 Å². The summed E-state index contributed by atoms with van der Waals surface area (Å²) in [5.41, 5.74) is 2.79. The average molecular weight is 260 g/mol. The molecule has 2 aliphatic rings. The number of benzene rings is 1. The zero-order valence-corrected chi connectivity index (χ0v) is 11.6. The molecule has 3 heteroatoms. The summed E-state index contributed by atoms with van der Waals surface area (Å²) in [4.78, 5) is 5.05. The van der Waals surface area contributed by atoms with Crippen molar-refractivity contribution in [3.63, 3.8) is 0 Å². The topological polar surface area (TPSA) is 26.7 Å². The third kappa shape index (κ3) is 3.03. The number of nitrogens with zero attached hydrogens (tertiary/aromatic N) is 2. The Hall–Kier alpha value is -1.22. The molecule has 0 atom stereocenters. The minimum atomic E-state index is 0.309. The smallest absolute Gasteiger partial charge is 0.0604 e. The number of hydrogen-bond donors (Lipinski definition) is 1. The number of anilines is 2. The van der Waals surface area contributed by atoms with E-state index in [0.29, 0.717) is 6.61 Å². The standard InChI is InChI=1S/C16H24N2O/c19-12-4-3-9-17-10-11-18(13-14-7-8-14)16-6-2-1-5-15(16)17/h1-2,5-6,14,19H,3-4,7-13H2. The number of unbranched alkanes of at least 4 members (excludes halogenated alkanes) is 1. The maximum absolute atomic E-state index is 8.91. The van der Waals surface area contributed by atoms with Gasteiger partial charge < -0.3 is 14.9 Å². The van der Waals surface area contributed by atoms with Crippen LogP contribution in [-0.4, -0.2) is 37.9 Å². The fourth-order valence-corrected chi connectivity index (χ4v) is 2.93. The summed E-state index contributed by atoms with van der Waals surface area (Å²) in [6, 6.07) is 8.79. The Morgan fingerprint density at radius 1 is 1.00 bits per heavy atom. The molecule has 1 aliphatic heterocycles. The van der Waals surface area contributed by atoms with E-state index >= 15 is 0 Å². The van der Waals surface area contributed by atoms with Crippen molar-refractivity contribution in [1.82, 2.24) is 0 Å². The van der Waals surface area contributed by atoms with E-state index in [2.05, 4.69) is 34.1 Å². The van der Waals surface area contributed by atoms with Crippen LogP contribution in [0, 0.1) is 5.92 Å². The van der Waals surface area contributed by atoms with Gasteiger partial charge in [0.25, 0.3) is 0 Å². The molecule has 3 rings (SSSR count). The van der Waals surface area contributed by atoms with E-state index in [0.717, 1.165) is 38.4 Å². The predicted molar refractivity (Wildman–Crippen MR) is 79.9 cm³/mol. The van der Waals surface area contributed by atoms with E-state index in [-0.39, 0.29) is 0 Å². The Morgan fingerprint density at radius 2 is 1.68 bits per heavy atom. The summed E-state index contributed by atoms with van der Waals surface area (Å²) >= 11 is 0. The number of para-hydroxylation sites is 2. The molecule has 0 saturated heterocycles. The minimum Gasteiger partial charge on any atom is -0.396 e. The lowest BCUT2D eigenvalue weighted by Gasteiger charge is -2.39. The molecule has 1 heterocycles. The summed E-state index contributed by atoms with van der Waals surface area (Å²) in [6.45, 7) is 4.88. The first-order chi connectivity index (χ1) is 9.38. The van der Waals surface area contributed by atoms with Crippen LogP contribution in [0.15, 0.2) is 24.3 Å². The lowest BCUT2D eigenvalue weighted by Crippen LogP contribution is -2.42. The van der Waals surface area contributed by atoms with Gasteiger partial charge in [-0.25, -0.2) is 0 Å². The summed E-state index contributed by atoms with van der Waals surface area (Å²) in [6.07, 6.45) is 4.82. The molecule has 1 fully saturated rings. The normalized spacial score (nSPS) is 18.6. The molecule has 0 spiro atoms. The van der Waals surface area contributed by atoms with Gasteiger partial charge in [0, 0.05) is 32.8 Å². The zero-order chi connectivity index (χ0) is 13.1. The monoisotopic (exact) mass is 260 g/mol. The Bertz CT molecular complexity index is 417. The van der Waals surface area contributed by atoms with Gasteiger partial charge in [-0.3, -0.25) is 0 Å². The summed E-state index contributed by atoms with van der Waals surface area (Å²) in [7, 11) is 0. The maximum atomic E-state index is 8.91. The van der Waals surface area contributed by atoms with Gasteiger partial charge >= 0.3 is 0 Å². The number of aliphatic hydroxyl groups excluding tert-OH is 1. The van der Waals surface area contributed by atoms with Gasteiger partial charge in [-0.2, -0.15) is 0 Å². The van der Waals surface area contributed by atoms with Crippen LogP contribution in [-0.2, 0) is 0 Å². The third-order valence-corrected chi connectivity index (χ3v) is 4.21. The molecule has 3 nitrogen and oxygen atoms in total. The van der Waals surface area contributed by atoms with E-state index in [9.17, 15) is 0 Å². The molecule has 104 valence electrons. The summed E-state index contributed by atoms with van der Waals surface area (Å²) in [5.74, 6) is 0.939. The van der Waals surface area contributed by atoms with Crippen molar-refractivity contribution in [2.24, 2.45) is 5.92 Å². The molecule has 1 aliphatic carbocycles. The van der Waals surface area contributed by atoms with E-state index in [4.69, 9.17) is 5.11 Å². The van der Waals surface area contributed by atoms with E-state index < -0.39 is 0 Å². The van der Waals surface area contributed by atoms with Crippen molar-refractivity contribution in [3.8, 4) is 0 Å². The fourth-order valence-electron chi connectivity index (χ4n) is 2.93. The highest BCUT2D eigenvalue weighted by molar-refractivity contribution is 5.73. The molecule has 1 aromatic rings. The Labute approximate surface area is 115 Å². The lowest BCUT2D eigenvalue weighted by atomic mass is 10.1. The molecule has 0 bridgehead atoms. The highest BCUT2D eigenvalue weighted by atomic mass is 16.2. The minimum absolute atomic E-state index is 0.309. The molecule has 1 aromatic carbocycles. The van der Waals surface area contributed by atoms with Crippen molar-refractivity contribution in [3.05, 3.63) is 24.3 Å². The van der Waals surface area contributed by atoms with Gasteiger partial charge in [-0.15, -0.1) is 0 Å². The Balaban J connectivity index is 1.71. The highest BCUT2D eigenvalue weighted by Gasteiger charge is 2.28. The molecule has 0 amide bonds. The number of fused-ring (bicyclic) bond motifs is 1. The van der Waals surface area contributed by atoms with Crippen LogP contribution < -0.4 is 9.80 Å². The molecule has 1 saturated carbocycles. The van der Waals surface area contributed by atoms with Gasteiger partial charge in [-0.05, 0) is 43.7 Å². The number of aliphatic hydroxyl groups is 1. The van der Waals surface area contributed by atoms with E-state index in [1.807, 2.05) is 0 Å². The van der Waals surface area contributed by atoms with Crippen LogP contribution in [0.1, 0.15) is 25.7 Å². The predicted octanol–water partition coefficient (Wildman–Crippen LogP) is 2.50. The zero-order valence-electron chi connectivity index (χ0n) is 11.6. The van der Waals surface area contributed by atoms with Crippen LogP contribution in [0.2, 0.25) is 0 Å². The SMILES string of the molecule is OCCCCN1CCN(CC2CC2)c2ccccc21. The fraction of sp³-hybridized carbons (Fsp3) is 0.625. The van der Waals surface area contributed by atoms with Crippen LogP contribution >= 0.6 is 0 Å². The molecule has 1 N–H and O–H groups in total. The van der Waals surface area contributed by atoms with Crippen molar-refractivity contribution in [2.75, 3.05) is 42.6 Å².